The van der Waals surface area contributed by atoms with Gasteiger partial charge in [-0.3, -0.25) is 24.2 Å². The molecule has 2 aromatic rings. The molecule has 3 amide bonds. The monoisotopic (exact) mass is 514 g/mol. The topological polar surface area (TPSA) is 217 Å². The van der Waals surface area contributed by atoms with Crippen LogP contribution in [0.3, 0.4) is 0 Å². The van der Waals surface area contributed by atoms with Crippen molar-refractivity contribution in [3.63, 3.8) is 0 Å². The Hall–Kier alpha value is -4.13. The third-order valence-corrected chi connectivity index (χ3v) is 6.10. The number of para-hydroxylation sites is 1. The van der Waals surface area contributed by atoms with Gasteiger partial charge >= 0.3 is 5.97 Å². The standard InChI is InChI=1S/C24H34N8O5/c25-24(26)28-10-4-8-18(21(35)30-13-20(33)34)31-23(37)19(32-22(36)17-7-3-9-27-17)11-14-12-29-16-6-2-1-5-15(14)16/h1-2,5-6,12,17-19,27,29H,3-4,7-11,13H2,(H,30,35)(H,31,37)(H,32,36)(H,33,34)(H4,25,26,28). The van der Waals surface area contributed by atoms with Crippen LogP contribution in [-0.4, -0.2) is 77.5 Å². The summed E-state index contributed by atoms with van der Waals surface area (Å²) in [4.78, 5) is 56.9. The number of rotatable bonds is 13. The number of aromatic nitrogens is 1. The summed E-state index contributed by atoms with van der Waals surface area (Å²) < 4.78 is 0. The lowest BCUT2D eigenvalue weighted by Gasteiger charge is -2.24. The van der Waals surface area contributed by atoms with Crippen LogP contribution in [0.15, 0.2) is 35.5 Å². The van der Waals surface area contributed by atoms with E-state index in [1.807, 2.05) is 24.3 Å². The van der Waals surface area contributed by atoms with Gasteiger partial charge < -0.3 is 42.8 Å². The van der Waals surface area contributed by atoms with Crippen molar-refractivity contribution in [1.82, 2.24) is 26.3 Å². The molecule has 0 spiro atoms. The van der Waals surface area contributed by atoms with E-state index in [1.165, 1.54) is 0 Å². The molecule has 1 saturated heterocycles. The van der Waals surface area contributed by atoms with Gasteiger partial charge in [-0.1, -0.05) is 18.2 Å². The number of carbonyl (C=O) groups excluding carboxylic acids is 3. The first-order valence-corrected chi connectivity index (χ1v) is 12.2. The number of hydrogen-bond acceptors (Lipinski definition) is 6. The molecule has 1 aliphatic rings. The van der Waals surface area contributed by atoms with Crippen LogP contribution in [0.5, 0.6) is 0 Å². The molecule has 3 rings (SSSR count). The van der Waals surface area contributed by atoms with Crippen molar-refractivity contribution in [2.45, 2.75) is 50.2 Å². The first-order chi connectivity index (χ1) is 17.7. The van der Waals surface area contributed by atoms with E-state index in [2.05, 4.69) is 31.2 Å². The Morgan fingerprint density at radius 3 is 2.59 bits per heavy atom. The summed E-state index contributed by atoms with van der Waals surface area (Å²) in [5.41, 5.74) is 12.4. The molecule has 1 aromatic carbocycles. The van der Waals surface area contributed by atoms with Gasteiger partial charge in [0, 0.05) is 30.1 Å². The molecule has 1 fully saturated rings. The average Bonchev–Trinajstić information content (AvgIpc) is 3.54. The number of amides is 3. The predicted molar refractivity (Wildman–Crippen MR) is 137 cm³/mol. The van der Waals surface area contributed by atoms with E-state index in [1.54, 1.807) is 6.20 Å². The lowest BCUT2D eigenvalue weighted by molar-refractivity contribution is -0.138. The minimum Gasteiger partial charge on any atom is -0.480 e. The maximum atomic E-state index is 13.4. The number of aliphatic imine (C=N–C) groups is 1. The predicted octanol–water partition coefficient (Wildman–Crippen LogP) is -1.31. The number of fused-ring (bicyclic) bond motifs is 1. The fraction of sp³-hybridized carbons (Fsp3) is 0.458. The largest absolute Gasteiger partial charge is 0.480 e. The minimum atomic E-state index is -1.22. The summed E-state index contributed by atoms with van der Waals surface area (Å²) in [6.45, 7) is 0.352. The molecule has 0 aliphatic carbocycles. The summed E-state index contributed by atoms with van der Waals surface area (Å²) in [6.07, 6.45) is 4.01. The number of carbonyl (C=O) groups is 4. The Balaban J connectivity index is 1.77. The molecule has 37 heavy (non-hydrogen) atoms. The third kappa shape index (κ3) is 8.20. The van der Waals surface area contributed by atoms with Gasteiger partial charge in [0.2, 0.25) is 17.7 Å². The third-order valence-electron chi connectivity index (χ3n) is 6.10. The van der Waals surface area contributed by atoms with Gasteiger partial charge in [-0.05, 0) is 43.9 Å². The number of aliphatic carboxylic acids is 1. The molecule has 3 unspecified atom stereocenters. The first kappa shape index (κ1) is 27.5. The van der Waals surface area contributed by atoms with Crippen molar-refractivity contribution in [2.24, 2.45) is 16.5 Å². The Labute approximate surface area is 213 Å². The highest BCUT2D eigenvalue weighted by molar-refractivity contribution is 5.94. The van der Waals surface area contributed by atoms with Crippen molar-refractivity contribution >= 4 is 40.6 Å². The van der Waals surface area contributed by atoms with Crippen LogP contribution in [0, 0.1) is 0 Å². The van der Waals surface area contributed by atoms with Gasteiger partial charge in [-0.2, -0.15) is 0 Å². The van der Waals surface area contributed by atoms with Gasteiger partial charge in [0.15, 0.2) is 5.96 Å². The number of carboxylic acid groups (broad SMARTS) is 1. The number of nitrogens with zero attached hydrogens (tertiary/aromatic N) is 1. The van der Waals surface area contributed by atoms with Crippen molar-refractivity contribution in [1.29, 1.82) is 0 Å². The number of benzene rings is 1. The Morgan fingerprint density at radius 1 is 1.11 bits per heavy atom. The molecule has 10 N–H and O–H groups in total. The minimum absolute atomic E-state index is 0.0991. The summed E-state index contributed by atoms with van der Waals surface area (Å²) in [6, 6.07) is 5.19. The van der Waals surface area contributed by atoms with E-state index in [0.29, 0.717) is 12.8 Å². The second kappa shape index (κ2) is 13.3. The lowest BCUT2D eigenvalue weighted by Crippen LogP contribution is -2.56. The van der Waals surface area contributed by atoms with E-state index in [9.17, 15) is 19.2 Å². The molecule has 0 bridgehead atoms. The van der Waals surface area contributed by atoms with Crippen LogP contribution in [0.25, 0.3) is 10.9 Å². The zero-order chi connectivity index (χ0) is 26.8. The lowest BCUT2D eigenvalue weighted by atomic mass is 10.0. The fourth-order valence-electron chi connectivity index (χ4n) is 4.24. The van der Waals surface area contributed by atoms with Crippen LogP contribution in [0.2, 0.25) is 0 Å². The Kier molecular flexibility index (Phi) is 9.84. The first-order valence-electron chi connectivity index (χ1n) is 12.2. The molecule has 2 heterocycles. The summed E-state index contributed by atoms with van der Waals surface area (Å²) in [5.74, 6) is -2.83. The smallest absolute Gasteiger partial charge is 0.322 e. The fourth-order valence-corrected chi connectivity index (χ4v) is 4.24. The average molecular weight is 515 g/mol. The van der Waals surface area contributed by atoms with Crippen LogP contribution >= 0.6 is 0 Å². The Morgan fingerprint density at radius 2 is 1.89 bits per heavy atom. The van der Waals surface area contributed by atoms with E-state index in [0.717, 1.165) is 29.4 Å². The SMILES string of the molecule is NC(N)=NCCCC(NC(=O)C(Cc1c[nH]c2ccccc12)NC(=O)C1CCCN1)C(=O)NCC(=O)O. The van der Waals surface area contributed by atoms with E-state index < -0.39 is 42.5 Å². The van der Waals surface area contributed by atoms with Gasteiger partial charge in [0.25, 0.3) is 0 Å². The Bertz CT molecular complexity index is 1140. The molecule has 0 saturated carbocycles. The van der Waals surface area contributed by atoms with Crippen molar-refractivity contribution in [2.75, 3.05) is 19.6 Å². The van der Waals surface area contributed by atoms with Crippen molar-refractivity contribution in [3.05, 3.63) is 36.0 Å². The normalized spacial score (nSPS) is 16.5. The van der Waals surface area contributed by atoms with Crippen LogP contribution < -0.4 is 32.7 Å². The number of aromatic amines is 1. The highest BCUT2D eigenvalue weighted by atomic mass is 16.4. The van der Waals surface area contributed by atoms with Gasteiger partial charge in [0.1, 0.15) is 18.6 Å². The molecule has 1 aromatic heterocycles. The maximum absolute atomic E-state index is 13.4. The van der Waals surface area contributed by atoms with Crippen molar-refractivity contribution < 1.29 is 24.3 Å². The summed E-state index contributed by atoms with van der Waals surface area (Å²) >= 11 is 0. The highest BCUT2D eigenvalue weighted by Gasteiger charge is 2.30. The van der Waals surface area contributed by atoms with Gasteiger partial charge in [-0.25, -0.2) is 0 Å². The van der Waals surface area contributed by atoms with Crippen LogP contribution in [-0.2, 0) is 25.6 Å². The quantitative estimate of drug-likeness (QED) is 0.0909. The molecule has 200 valence electrons. The van der Waals surface area contributed by atoms with E-state index >= 15 is 0 Å². The summed E-state index contributed by atoms with van der Waals surface area (Å²) in [5, 5.41) is 20.8. The zero-order valence-electron chi connectivity index (χ0n) is 20.5. The molecular formula is C24H34N8O5. The number of nitrogens with two attached hydrogens (primary N) is 2. The van der Waals surface area contributed by atoms with Gasteiger partial charge in [0.05, 0.1) is 6.04 Å². The molecule has 0 radical (unpaired) electrons. The molecule has 1 aliphatic heterocycles. The number of nitrogens with one attached hydrogen (secondary N) is 5. The van der Waals surface area contributed by atoms with Crippen LogP contribution in [0.1, 0.15) is 31.2 Å². The number of hydrogen-bond donors (Lipinski definition) is 8. The molecule has 13 nitrogen and oxygen atoms in total. The van der Waals surface area contributed by atoms with E-state index in [-0.39, 0.29) is 31.3 Å². The van der Waals surface area contributed by atoms with Gasteiger partial charge in [-0.15, -0.1) is 0 Å². The number of H-pyrrole nitrogens is 1. The second-order valence-electron chi connectivity index (χ2n) is 8.90. The molecule has 13 heteroatoms. The number of guanidine groups is 1. The van der Waals surface area contributed by atoms with Crippen LogP contribution in [0.4, 0.5) is 0 Å². The van der Waals surface area contributed by atoms with E-state index in [4.69, 9.17) is 16.6 Å². The van der Waals surface area contributed by atoms with Crippen molar-refractivity contribution in [3.8, 4) is 0 Å². The number of carboxylic acids is 1. The molecular weight excluding hydrogens is 480 g/mol. The maximum Gasteiger partial charge on any atom is 0.322 e. The zero-order valence-corrected chi connectivity index (χ0v) is 20.5. The highest BCUT2D eigenvalue weighted by Crippen LogP contribution is 2.19. The summed E-state index contributed by atoms with van der Waals surface area (Å²) in [7, 11) is 0. The molecule has 3 atom stereocenters. The second-order valence-corrected chi connectivity index (χ2v) is 8.90.